The Bertz CT molecular complexity index is 334. The Morgan fingerprint density at radius 1 is 1.31 bits per heavy atom. The molecule has 90 valence electrons. The first-order valence-corrected chi connectivity index (χ1v) is 5.54. The van der Waals surface area contributed by atoms with Gasteiger partial charge in [-0.1, -0.05) is 6.07 Å². The number of benzene rings is 1. The van der Waals surface area contributed by atoms with Crippen LogP contribution in [0.2, 0.25) is 0 Å². The summed E-state index contributed by atoms with van der Waals surface area (Å²) in [5.74, 6) is 0.845. The predicted molar refractivity (Wildman–Crippen MR) is 63.7 cm³/mol. The maximum absolute atomic E-state index is 9.50. The number of aliphatic hydroxyl groups excluding tert-OH is 2. The Morgan fingerprint density at radius 3 is 2.50 bits per heavy atom. The fraction of sp³-hybridized carbons (Fsp3) is 0.538. The van der Waals surface area contributed by atoms with Gasteiger partial charge in [0.15, 0.2) is 0 Å². The Labute approximate surface area is 96.7 Å². The summed E-state index contributed by atoms with van der Waals surface area (Å²) >= 11 is 0. The molecule has 3 heteroatoms. The van der Waals surface area contributed by atoms with E-state index in [1.54, 1.807) is 14.0 Å². The van der Waals surface area contributed by atoms with Crippen LogP contribution in [0, 0.1) is 6.92 Å². The first-order chi connectivity index (χ1) is 7.54. The summed E-state index contributed by atoms with van der Waals surface area (Å²) in [6.07, 6.45) is 0.0206. The molecule has 0 radical (unpaired) electrons. The van der Waals surface area contributed by atoms with Gasteiger partial charge in [-0.15, -0.1) is 0 Å². The van der Waals surface area contributed by atoms with Gasteiger partial charge in [-0.25, -0.2) is 0 Å². The summed E-state index contributed by atoms with van der Waals surface area (Å²) in [5.41, 5.74) is 2.33. The van der Waals surface area contributed by atoms with Crippen molar-refractivity contribution in [1.82, 2.24) is 0 Å². The smallest absolute Gasteiger partial charge is 0.119 e. The molecule has 2 unspecified atom stereocenters. The van der Waals surface area contributed by atoms with E-state index >= 15 is 0 Å². The number of rotatable bonds is 5. The van der Waals surface area contributed by atoms with Gasteiger partial charge in [-0.05, 0) is 49.9 Å². The lowest BCUT2D eigenvalue weighted by atomic mass is 10.0. The van der Waals surface area contributed by atoms with E-state index in [2.05, 4.69) is 0 Å². The minimum Gasteiger partial charge on any atom is -0.497 e. The van der Waals surface area contributed by atoms with Crippen molar-refractivity contribution in [3.05, 3.63) is 29.3 Å². The first-order valence-electron chi connectivity index (χ1n) is 5.54. The van der Waals surface area contributed by atoms with Gasteiger partial charge in [0.2, 0.25) is 0 Å². The molecule has 0 aliphatic heterocycles. The van der Waals surface area contributed by atoms with E-state index in [1.807, 2.05) is 25.1 Å². The van der Waals surface area contributed by atoms with Crippen molar-refractivity contribution in [2.45, 2.75) is 38.9 Å². The predicted octanol–water partition coefficient (Wildman–Crippen LogP) is 1.68. The van der Waals surface area contributed by atoms with E-state index in [1.165, 1.54) is 5.56 Å². The second-order valence-corrected chi connectivity index (χ2v) is 4.14. The van der Waals surface area contributed by atoms with Gasteiger partial charge >= 0.3 is 0 Å². The number of hydrogen-bond acceptors (Lipinski definition) is 3. The van der Waals surface area contributed by atoms with Crippen LogP contribution in [0.1, 0.15) is 24.5 Å². The van der Waals surface area contributed by atoms with E-state index in [9.17, 15) is 10.2 Å². The molecule has 1 aromatic carbocycles. The molecule has 0 saturated carbocycles. The van der Waals surface area contributed by atoms with Crippen LogP contribution >= 0.6 is 0 Å². The molecular formula is C13H20O3. The molecule has 1 aromatic rings. The summed E-state index contributed by atoms with van der Waals surface area (Å²) in [4.78, 5) is 0. The first kappa shape index (κ1) is 13.0. The summed E-state index contributed by atoms with van der Waals surface area (Å²) < 4.78 is 5.12. The standard InChI is InChI=1S/C13H20O3/c1-9-8-12(16-3)6-4-11(9)5-7-13(15)10(2)14/h4,6,8,10,13-15H,5,7H2,1-3H3. The molecule has 1 rings (SSSR count). The molecule has 2 atom stereocenters. The third-order valence-corrected chi connectivity index (χ3v) is 2.82. The van der Waals surface area contributed by atoms with Crippen LogP contribution in [0.15, 0.2) is 18.2 Å². The van der Waals surface area contributed by atoms with Crippen molar-refractivity contribution in [3.8, 4) is 5.75 Å². The van der Waals surface area contributed by atoms with Crippen LogP contribution in [-0.4, -0.2) is 29.5 Å². The minimum atomic E-state index is -0.668. The lowest BCUT2D eigenvalue weighted by Crippen LogP contribution is -2.22. The quantitative estimate of drug-likeness (QED) is 0.800. The number of ether oxygens (including phenoxy) is 1. The van der Waals surface area contributed by atoms with E-state index in [0.29, 0.717) is 6.42 Å². The highest BCUT2D eigenvalue weighted by atomic mass is 16.5. The van der Waals surface area contributed by atoms with E-state index in [4.69, 9.17) is 4.74 Å². The summed E-state index contributed by atoms with van der Waals surface area (Å²) in [6, 6.07) is 5.89. The zero-order valence-corrected chi connectivity index (χ0v) is 10.1. The molecule has 2 N–H and O–H groups in total. The number of aliphatic hydroxyl groups is 2. The molecule has 0 fully saturated rings. The van der Waals surface area contributed by atoms with Crippen molar-refractivity contribution < 1.29 is 14.9 Å². The van der Waals surface area contributed by atoms with Gasteiger partial charge < -0.3 is 14.9 Å². The van der Waals surface area contributed by atoms with Gasteiger partial charge in [0, 0.05) is 0 Å². The van der Waals surface area contributed by atoms with Crippen LogP contribution in [0.25, 0.3) is 0 Å². The number of aryl methyl sites for hydroxylation is 2. The molecular weight excluding hydrogens is 204 g/mol. The molecule has 16 heavy (non-hydrogen) atoms. The molecule has 0 heterocycles. The summed E-state index contributed by atoms with van der Waals surface area (Å²) in [5, 5.41) is 18.7. The fourth-order valence-electron chi connectivity index (χ4n) is 1.62. The van der Waals surface area contributed by atoms with Crippen LogP contribution in [0.4, 0.5) is 0 Å². The summed E-state index contributed by atoms with van der Waals surface area (Å²) in [6.45, 7) is 3.62. The van der Waals surface area contributed by atoms with Crippen molar-refractivity contribution in [3.63, 3.8) is 0 Å². The average molecular weight is 224 g/mol. The van der Waals surface area contributed by atoms with Gasteiger partial charge in [0.05, 0.1) is 19.3 Å². The largest absolute Gasteiger partial charge is 0.497 e. The summed E-state index contributed by atoms with van der Waals surface area (Å²) in [7, 11) is 1.64. The molecule has 0 aliphatic rings. The normalized spacial score (nSPS) is 14.6. The van der Waals surface area contributed by atoms with Crippen LogP contribution < -0.4 is 4.74 Å². The van der Waals surface area contributed by atoms with E-state index in [-0.39, 0.29) is 0 Å². The third-order valence-electron chi connectivity index (χ3n) is 2.82. The lowest BCUT2D eigenvalue weighted by Gasteiger charge is -2.14. The molecule has 0 aliphatic carbocycles. The van der Waals surface area contributed by atoms with Gasteiger partial charge in [-0.2, -0.15) is 0 Å². The van der Waals surface area contributed by atoms with Gasteiger partial charge in [-0.3, -0.25) is 0 Å². The maximum atomic E-state index is 9.50. The lowest BCUT2D eigenvalue weighted by molar-refractivity contribution is 0.0265. The second-order valence-electron chi connectivity index (χ2n) is 4.14. The molecule has 0 saturated heterocycles. The monoisotopic (exact) mass is 224 g/mol. The van der Waals surface area contributed by atoms with Crippen molar-refractivity contribution in [1.29, 1.82) is 0 Å². The minimum absolute atomic E-state index is 0.574. The maximum Gasteiger partial charge on any atom is 0.119 e. The Kier molecular flexibility index (Phi) is 4.77. The molecule has 3 nitrogen and oxygen atoms in total. The number of methoxy groups -OCH3 is 1. The highest BCUT2D eigenvalue weighted by Gasteiger charge is 2.11. The van der Waals surface area contributed by atoms with Crippen molar-refractivity contribution in [2.24, 2.45) is 0 Å². The number of hydrogen-bond donors (Lipinski definition) is 2. The van der Waals surface area contributed by atoms with Crippen LogP contribution in [0.5, 0.6) is 5.75 Å². The van der Waals surface area contributed by atoms with Crippen molar-refractivity contribution in [2.75, 3.05) is 7.11 Å². The molecule has 0 bridgehead atoms. The van der Waals surface area contributed by atoms with Crippen LogP contribution in [-0.2, 0) is 6.42 Å². The highest BCUT2D eigenvalue weighted by molar-refractivity contribution is 5.34. The topological polar surface area (TPSA) is 49.7 Å². The third kappa shape index (κ3) is 3.51. The fourth-order valence-corrected chi connectivity index (χ4v) is 1.62. The van der Waals surface area contributed by atoms with E-state index < -0.39 is 12.2 Å². The van der Waals surface area contributed by atoms with Gasteiger partial charge in [0.25, 0.3) is 0 Å². The Hall–Kier alpha value is -1.06. The molecule has 0 amide bonds. The zero-order valence-electron chi connectivity index (χ0n) is 10.1. The van der Waals surface area contributed by atoms with Crippen molar-refractivity contribution >= 4 is 0 Å². The van der Waals surface area contributed by atoms with Gasteiger partial charge in [0.1, 0.15) is 5.75 Å². The second kappa shape index (κ2) is 5.87. The van der Waals surface area contributed by atoms with Crippen LogP contribution in [0.3, 0.4) is 0 Å². The zero-order chi connectivity index (χ0) is 12.1. The van der Waals surface area contributed by atoms with E-state index in [0.717, 1.165) is 17.7 Å². The Balaban J connectivity index is 2.61. The Morgan fingerprint density at radius 2 is 2.00 bits per heavy atom. The molecule has 0 aromatic heterocycles. The highest BCUT2D eigenvalue weighted by Crippen LogP contribution is 2.18. The SMILES string of the molecule is COc1ccc(CCC(O)C(C)O)c(C)c1. The molecule has 0 spiro atoms. The average Bonchev–Trinajstić information content (AvgIpc) is 2.26.